The fourth-order valence-electron chi connectivity index (χ4n) is 3.09. The van der Waals surface area contributed by atoms with Gasteiger partial charge < -0.3 is 9.47 Å². The number of benzene rings is 2. The molecule has 4 heteroatoms. The van der Waals surface area contributed by atoms with Crippen LogP contribution in [0.2, 0.25) is 0 Å². The van der Waals surface area contributed by atoms with E-state index in [9.17, 15) is 9.59 Å². The molecule has 1 aliphatic carbocycles. The third kappa shape index (κ3) is 2.84. The molecule has 4 nitrogen and oxygen atoms in total. The molecule has 0 aliphatic heterocycles. The molecule has 132 valence electrons. The van der Waals surface area contributed by atoms with Gasteiger partial charge in [0.15, 0.2) is 11.6 Å². The van der Waals surface area contributed by atoms with E-state index in [-0.39, 0.29) is 18.2 Å². The molecule has 0 bridgehead atoms. The SMILES string of the molecule is C=C(C)COc1cccc2c1C(=O)c1ccc(/C=C/C)c(OC)c1C2=O. The summed E-state index contributed by atoms with van der Waals surface area (Å²) >= 11 is 0. The number of ketones is 2. The van der Waals surface area contributed by atoms with Crippen molar-refractivity contribution in [3.63, 3.8) is 0 Å². The number of allylic oxidation sites excluding steroid dienone is 1. The van der Waals surface area contributed by atoms with Crippen LogP contribution in [0.3, 0.4) is 0 Å². The van der Waals surface area contributed by atoms with Gasteiger partial charge in [-0.15, -0.1) is 0 Å². The smallest absolute Gasteiger partial charge is 0.198 e. The van der Waals surface area contributed by atoms with E-state index in [0.717, 1.165) is 11.1 Å². The summed E-state index contributed by atoms with van der Waals surface area (Å²) in [5.74, 6) is 0.333. The van der Waals surface area contributed by atoms with Gasteiger partial charge in [0.2, 0.25) is 0 Å². The largest absolute Gasteiger partial charge is 0.495 e. The molecular formula is C22H20O4. The average molecular weight is 348 g/mol. The zero-order chi connectivity index (χ0) is 18.8. The topological polar surface area (TPSA) is 52.6 Å². The molecule has 0 saturated heterocycles. The normalized spacial score (nSPS) is 12.7. The number of carbonyl (C=O) groups excluding carboxylic acids is 2. The van der Waals surface area contributed by atoms with Crippen LogP contribution < -0.4 is 9.47 Å². The van der Waals surface area contributed by atoms with E-state index in [2.05, 4.69) is 6.58 Å². The van der Waals surface area contributed by atoms with Gasteiger partial charge in [-0.3, -0.25) is 9.59 Å². The van der Waals surface area contributed by atoms with Crippen molar-refractivity contribution in [2.45, 2.75) is 13.8 Å². The second-order valence-electron chi connectivity index (χ2n) is 6.19. The molecule has 0 heterocycles. The molecule has 1 aliphatic rings. The van der Waals surface area contributed by atoms with Crippen molar-refractivity contribution in [1.82, 2.24) is 0 Å². The molecule has 2 aromatic rings. The highest BCUT2D eigenvalue weighted by molar-refractivity contribution is 6.30. The summed E-state index contributed by atoms with van der Waals surface area (Å²) < 4.78 is 11.2. The molecule has 2 aromatic carbocycles. The molecule has 0 spiro atoms. The predicted molar refractivity (Wildman–Crippen MR) is 101 cm³/mol. The summed E-state index contributed by atoms with van der Waals surface area (Å²) in [5.41, 5.74) is 2.85. The lowest BCUT2D eigenvalue weighted by Gasteiger charge is -2.22. The van der Waals surface area contributed by atoms with Crippen LogP contribution in [0.15, 0.2) is 48.6 Å². The summed E-state index contributed by atoms with van der Waals surface area (Å²) in [6.07, 6.45) is 3.70. The number of ether oxygens (including phenoxy) is 2. The maximum atomic E-state index is 13.2. The number of carbonyl (C=O) groups is 2. The minimum atomic E-state index is -0.239. The van der Waals surface area contributed by atoms with Gasteiger partial charge in [0.1, 0.15) is 18.1 Å². The van der Waals surface area contributed by atoms with E-state index in [0.29, 0.717) is 33.8 Å². The van der Waals surface area contributed by atoms with Gasteiger partial charge in [-0.1, -0.05) is 36.9 Å². The van der Waals surface area contributed by atoms with E-state index in [1.807, 2.05) is 26.0 Å². The Morgan fingerprint density at radius 3 is 2.42 bits per heavy atom. The predicted octanol–water partition coefficient (Wildman–Crippen LogP) is 4.46. The maximum Gasteiger partial charge on any atom is 0.198 e. The number of methoxy groups -OCH3 is 1. The Morgan fingerprint density at radius 2 is 1.77 bits per heavy atom. The van der Waals surface area contributed by atoms with Gasteiger partial charge in [-0.2, -0.15) is 0 Å². The first-order valence-corrected chi connectivity index (χ1v) is 8.32. The average Bonchev–Trinajstić information content (AvgIpc) is 2.63. The number of hydrogen-bond donors (Lipinski definition) is 0. The van der Waals surface area contributed by atoms with Crippen LogP contribution in [-0.2, 0) is 0 Å². The van der Waals surface area contributed by atoms with Crippen molar-refractivity contribution >= 4 is 17.6 Å². The van der Waals surface area contributed by atoms with Crippen molar-refractivity contribution in [2.75, 3.05) is 13.7 Å². The molecule has 0 fully saturated rings. The third-order valence-electron chi connectivity index (χ3n) is 4.18. The van der Waals surface area contributed by atoms with Gasteiger partial charge in [0.05, 0.1) is 18.2 Å². The Balaban J connectivity index is 2.20. The zero-order valence-corrected chi connectivity index (χ0v) is 15.1. The minimum Gasteiger partial charge on any atom is -0.495 e. The highest BCUT2D eigenvalue weighted by Gasteiger charge is 2.35. The molecule has 26 heavy (non-hydrogen) atoms. The fourth-order valence-corrected chi connectivity index (χ4v) is 3.09. The van der Waals surface area contributed by atoms with Crippen LogP contribution in [-0.4, -0.2) is 25.3 Å². The lowest BCUT2D eigenvalue weighted by Crippen LogP contribution is -2.23. The molecule has 0 aromatic heterocycles. The van der Waals surface area contributed by atoms with Crippen molar-refractivity contribution in [3.05, 3.63) is 76.4 Å². The fraction of sp³-hybridized carbons (Fsp3) is 0.182. The minimum absolute atomic E-state index is 0.237. The van der Waals surface area contributed by atoms with E-state index in [1.54, 1.807) is 30.3 Å². The zero-order valence-electron chi connectivity index (χ0n) is 15.1. The first kappa shape index (κ1) is 17.7. The highest BCUT2D eigenvalue weighted by atomic mass is 16.5. The van der Waals surface area contributed by atoms with E-state index in [1.165, 1.54) is 7.11 Å². The molecule has 0 saturated carbocycles. The van der Waals surface area contributed by atoms with Crippen molar-refractivity contribution in [1.29, 1.82) is 0 Å². The Morgan fingerprint density at radius 1 is 1.08 bits per heavy atom. The molecule has 0 N–H and O–H groups in total. The molecule has 3 rings (SSSR count). The first-order valence-electron chi connectivity index (χ1n) is 8.32. The standard InChI is InChI=1S/C22H20O4/c1-5-7-14-10-11-16-19(22(14)25-4)21(24)15-8-6-9-17(18(15)20(16)23)26-12-13(2)3/h5-11H,2,12H2,1,3-4H3/b7-5+. The molecule has 0 unspecified atom stereocenters. The molecule has 0 atom stereocenters. The van der Waals surface area contributed by atoms with Crippen LogP contribution in [0.4, 0.5) is 0 Å². The van der Waals surface area contributed by atoms with Crippen LogP contribution in [0.1, 0.15) is 51.3 Å². The Bertz CT molecular complexity index is 951. The molecule has 0 amide bonds. The summed E-state index contributed by atoms with van der Waals surface area (Å²) in [7, 11) is 1.50. The third-order valence-corrected chi connectivity index (χ3v) is 4.18. The lowest BCUT2D eigenvalue weighted by atomic mass is 9.82. The second-order valence-corrected chi connectivity index (χ2v) is 6.19. The van der Waals surface area contributed by atoms with Gasteiger partial charge in [-0.05, 0) is 31.6 Å². The number of hydrogen-bond acceptors (Lipinski definition) is 4. The quantitative estimate of drug-likeness (QED) is 0.639. The number of rotatable bonds is 5. The van der Waals surface area contributed by atoms with Crippen LogP contribution in [0.5, 0.6) is 11.5 Å². The van der Waals surface area contributed by atoms with Gasteiger partial charge in [0, 0.05) is 16.7 Å². The molecule has 0 radical (unpaired) electrons. The Labute approximate surface area is 152 Å². The van der Waals surface area contributed by atoms with E-state index < -0.39 is 0 Å². The summed E-state index contributed by atoms with van der Waals surface area (Å²) in [6, 6.07) is 8.51. The van der Waals surface area contributed by atoms with Gasteiger partial charge >= 0.3 is 0 Å². The van der Waals surface area contributed by atoms with Gasteiger partial charge in [0.25, 0.3) is 0 Å². The van der Waals surface area contributed by atoms with Gasteiger partial charge in [-0.25, -0.2) is 0 Å². The summed E-state index contributed by atoms with van der Waals surface area (Å²) in [6.45, 7) is 7.81. The van der Waals surface area contributed by atoms with Crippen LogP contribution in [0, 0.1) is 0 Å². The summed E-state index contributed by atoms with van der Waals surface area (Å²) in [5, 5.41) is 0. The van der Waals surface area contributed by atoms with E-state index >= 15 is 0 Å². The lowest BCUT2D eigenvalue weighted by molar-refractivity contribution is 0.0973. The monoisotopic (exact) mass is 348 g/mol. The van der Waals surface area contributed by atoms with Crippen LogP contribution in [0.25, 0.3) is 6.08 Å². The van der Waals surface area contributed by atoms with Crippen molar-refractivity contribution in [2.24, 2.45) is 0 Å². The Hall–Kier alpha value is -3.14. The van der Waals surface area contributed by atoms with Crippen LogP contribution >= 0.6 is 0 Å². The molecular weight excluding hydrogens is 328 g/mol. The van der Waals surface area contributed by atoms with Crippen molar-refractivity contribution in [3.8, 4) is 11.5 Å². The van der Waals surface area contributed by atoms with E-state index in [4.69, 9.17) is 9.47 Å². The number of fused-ring (bicyclic) bond motifs is 2. The Kier molecular flexibility index (Phi) is 4.76. The van der Waals surface area contributed by atoms with Crippen molar-refractivity contribution < 1.29 is 19.1 Å². The second kappa shape index (κ2) is 7.00. The maximum absolute atomic E-state index is 13.2. The highest BCUT2D eigenvalue weighted by Crippen LogP contribution is 2.39. The summed E-state index contributed by atoms with van der Waals surface area (Å²) in [4.78, 5) is 26.3. The first-order chi connectivity index (χ1) is 12.5.